The number of hydrogen-bond acceptors (Lipinski definition) is 3. The molecule has 0 aliphatic heterocycles. The van der Waals surface area contributed by atoms with Gasteiger partial charge in [0.1, 0.15) is 11.6 Å². The molecule has 1 heterocycles. The molecule has 102 valence electrons. The molecule has 0 saturated heterocycles. The lowest BCUT2D eigenvalue weighted by molar-refractivity contribution is 0.403. The smallest absolute Gasteiger partial charge is 0.124 e. The van der Waals surface area contributed by atoms with Gasteiger partial charge in [-0.15, -0.1) is 0 Å². The van der Waals surface area contributed by atoms with Gasteiger partial charge < -0.3 is 10.1 Å². The largest absolute Gasteiger partial charge is 0.496 e. The van der Waals surface area contributed by atoms with Gasteiger partial charge in [-0.1, -0.05) is 0 Å². The van der Waals surface area contributed by atoms with Gasteiger partial charge in [-0.3, -0.25) is 4.68 Å². The van der Waals surface area contributed by atoms with E-state index in [2.05, 4.69) is 10.4 Å². The van der Waals surface area contributed by atoms with Crippen LogP contribution in [0.15, 0.2) is 24.4 Å². The van der Waals surface area contributed by atoms with E-state index in [1.165, 1.54) is 12.1 Å². The summed E-state index contributed by atoms with van der Waals surface area (Å²) in [6.07, 6.45) is 1.79. The molecule has 19 heavy (non-hydrogen) atoms. The molecule has 1 aromatic heterocycles. The van der Waals surface area contributed by atoms with Crippen LogP contribution in [-0.2, 0) is 7.05 Å². The summed E-state index contributed by atoms with van der Waals surface area (Å²) in [5, 5.41) is 7.42. The third kappa shape index (κ3) is 2.46. The molecule has 1 N–H and O–H groups in total. The van der Waals surface area contributed by atoms with Crippen molar-refractivity contribution in [1.29, 1.82) is 0 Å². The monoisotopic (exact) mass is 263 g/mol. The average molecular weight is 263 g/mol. The Morgan fingerprint density at radius 3 is 2.63 bits per heavy atom. The highest BCUT2D eigenvalue weighted by Crippen LogP contribution is 2.31. The number of hydrogen-bond donors (Lipinski definition) is 1. The van der Waals surface area contributed by atoms with Crippen molar-refractivity contribution < 1.29 is 9.13 Å². The molecule has 0 aliphatic rings. The van der Waals surface area contributed by atoms with Crippen molar-refractivity contribution in [3.8, 4) is 5.75 Å². The lowest BCUT2D eigenvalue weighted by Crippen LogP contribution is -2.19. The Kier molecular flexibility index (Phi) is 3.85. The van der Waals surface area contributed by atoms with E-state index in [4.69, 9.17) is 4.74 Å². The van der Waals surface area contributed by atoms with Gasteiger partial charge in [-0.25, -0.2) is 4.39 Å². The Morgan fingerprint density at radius 2 is 2.11 bits per heavy atom. The molecule has 2 aromatic rings. The van der Waals surface area contributed by atoms with Crippen molar-refractivity contribution in [2.75, 3.05) is 14.2 Å². The van der Waals surface area contributed by atoms with Gasteiger partial charge in [0.15, 0.2) is 0 Å². The summed E-state index contributed by atoms with van der Waals surface area (Å²) in [5.41, 5.74) is 2.81. The standard InChI is InChI=1S/C14H18FN3O/c1-9-12(8-17-18(9)3)14(16-2)11-7-10(15)5-6-13(11)19-4/h5-8,14,16H,1-4H3. The van der Waals surface area contributed by atoms with Crippen molar-refractivity contribution >= 4 is 0 Å². The molecule has 0 radical (unpaired) electrons. The minimum atomic E-state index is -0.280. The quantitative estimate of drug-likeness (QED) is 0.919. The fraction of sp³-hybridized carbons (Fsp3) is 0.357. The average Bonchev–Trinajstić information content (AvgIpc) is 2.72. The molecule has 0 spiro atoms. The van der Waals surface area contributed by atoms with Gasteiger partial charge in [0, 0.05) is 23.9 Å². The van der Waals surface area contributed by atoms with E-state index >= 15 is 0 Å². The molecule has 0 amide bonds. The van der Waals surface area contributed by atoms with E-state index < -0.39 is 0 Å². The maximum Gasteiger partial charge on any atom is 0.124 e. The summed E-state index contributed by atoms with van der Waals surface area (Å²) < 4.78 is 20.6. The third-order valence-electron chi connectivity index (χ3n) is 3.38. The van der Waals surface area contributed by atoms with Crippen molar-refractivity contribution in [1.82, 2.24) is 15.1 Å². The molecular weight excluding hydrogens is 245 g/mol. The lowest BCUT2D eigenvalue weighted by Gasteiger charge is -2.19. The molecule has 5 heteroatoms. The summed E-state index contributed by atoms with van der Waals surface area (Å²) >= 11 is 0. The lowest BCUT2D eigenvalue weighted by atomic mass is 9.98. The zero-order valence-corrected chi connectivity index (χ0v) is 11.6. The summed E-state index contributed by atoms with van der Waals surface area (Å²) in [4.78, 5) is 0. The number of ether oxygens (including phenoxy) is 1. The van der Waals surface area contributed by atoms with Gasteiger partial charge in [0.05, 0.1) is 19.3 Å². The molecule has 0 bridgehead atoms. The fourth-order valence-electron chi connectivity index (χ4n) is 2.21. The zero-order chi connectivity index (χ0) is 14.0. The number of nitrogens with zero attached hydrogens (tertiary/aromatic N) is 2. The predicted molar refractivity (Wildman–Crippen MR) is 71.8 cm³/mol. The van der Waals surface area contributed by atoms with Gasteiger partial charge in [-0.05, 0) is 32.2 Å². The van der Waals surface area contributed by atoms with E-state index in [0.717, 1.165) is 16.8 Å². The minimum absolute atomic E-state index is 0.153. The van der Waals surface area contributed by atoms with Crippen LogP contribution in [0.1, 0.15) is 22.9 Å². The van der Waals surface area contributed by atoms with E-state index in [0.29, 0.717) is 5.75 Å². The summed E-state index contributed by atoms with van der Waals surface area (Å²) in [6.45, 7) is 1.98. The zero-order valence-electron chi connectivity index (χ0n) is 11.6. The van der Waals surface area contributed by atoms with Crippen LogP contribution >= 0.6 is 0 Å². The number of methoxy groups -OCH3 is 1. The fourth-order valence-corrected chi connectivity index (χ4v) is 2.21. The molecule has 1 atom stereocenters. The molecule has 2 rings (SSSR count). The molecule has 0 saturated carbocycles. The predicted octanol–water partition coefficient (Wildman–Crippen LogP) is 2.19. The summed E-state index contributed by atoms with van der Waals surface area (Å²) in [7, 11) is 5.30. The number of rotatable bonds is 4. The number of nitrogens with one attached hydrogen (secondary N) is 1. The number of halogens is 1. The minimum Gasteiger partial charge on any atom is -0.496 e. The Bertz CT molecular complexity index is 580. The maximum atomic E-state index is 13.5. The SMILES string of the molecule is CNC(c1cc(F)ccc1OC)c1cnn(C)c1C. The van der Waals surface area contributed by atoms with Crippen molar-refractivity contribution in [2.24, 2.45) is 7.05 Å². The highest BCUT2D eigenvalue weighted by Gasteiger charge is 2.21. The molecular formula is C14H18FN3O. The van der Waals surface area contributed by atoms with E-state index in [1.807, 2.05) is 21.0 Å². The molecule has 4 nitrogen and oxygen atoms in total. The molecule has 0 fully saturated rings. The van der Waals surface area contributed by atoms with Gasteiger partial charge in [0.25, 0.3) is 0 Å². The van der Waals surface area contributed by atoms with Crippen LogP contribution in [-0.4, -0.2) is 23.9 Å². The number of aromatic nitrogens is 2. The van der Waals surface area contributed by atoms with Crippen molar-refractivity contribution in [2.45, 2.75) is 13.0 Å². The van der Waals surface area contributed by atoms with Gasteiger partial charge in [0.2, 0.25) is 0 Å². The second-order valence-corrected chi connectivity index (χ2v) is 4.42. The van der Waals surface area contributed by atoms with Crippen LogP contribution in [0.4, 0.5) is 4.39 Å². The third-order valence-corrected chi connectivity index (χ3v) is 3.38. The molecule has 0 aliphatic carbocycles. The summed E-state index contributed by atoms with van der Waals surface area (Å²) in [5.74, 6) is 0.376. The van der Waals surface area contributed by atoms with Crippen LogP contribution in [0.2, 0.25) is 0 Å². The highest BCUT2D eigenvalue weighted by molar-refractivity contribution is 5.42. The van der Waals surface area contributed by atoms with Crippen molar-refractivity contribution in [3.05, 3.63) is 47.0 Å². The highest BCUT2D eigenvalue weighted by atomic mass is 19.1. The molecule has 1 aromatic carbocycles. The first kappa shape index (κ1) is 13.5. The van der Waals surface area contributed by atoms with Crippen LogP contribution in [0, 0.1) is 12.7 Å². The Labute approximate surface area is 112 Å². The first-order valence-electron chi connectivity index (χ1n) is 6.07. The Balaban J connectivity index is 2.53. The summed E-state index contributed by atoms with van der Waals surface area (Å²) in [6, 6.07) is 4.37. The Hall–Kier alpha value is -1.88. The topological polar surface area (TPSA) is 39.1 Å². The van der Waals surface area contributed by atoms with Gasteiger partial charge >= 0.3 is 0 Å². The van der Waals surface area contributed by atoms with Gasteiger partial charge in [-0.2, -0.15) is 5.10 Å². The second-order valence-electron chi connectivity index (χ2n) is 4.42. The van der Waals surface area contributed by atoms with E-state index in [-0.39, 0.29) is 11.9 Å². The normalized spacial score (nSPS) is 12.5. The second kappa shape index (κ2) is 5.40. The van der Waals surface area contributed by atoms with E-state index in [1.54, 1.807) is 24.1 Å². The maximum absolute atomic E-state index is 13.5. The number of aryl methyl sites for hydroxylation is 1. The van der Waals surface area contributed by atoms with Crippen LogP contribution < -0.4 is 10.1 Å². The molecule has 1 unspecified atom stereocenters. The first-order chi connectivity index (χ1) is 9.08. The van der Waals surface area contributed by atoms with E-state index in [9.17, 15) is 4.39 Å². The van der Waals surface area contributed by atoms with Crippen LogP contribution in [0.5, 0.6) is 5.75 Å². The number of benzene rings is 1. The first-order valence-corrected chi connectivity index (χ1v) is 6.07. The van der Waals surface area contributed by atoms with Crippen LogP contribution in [0.25, 0.3) is 0 Å². The van der Waals surface area contributed by atoms with Crippen LogP contribution in [0.3, 0.4) is 0 Å². The van der Waals surface area contributed by atoms with Crippen molar-refractivity contribution in [3.63, 3.8) is 0 Å². The Morgan fingerprint density at radius 1 is 1.37 bits per heavy atom.